The van der Waals surface area contributed by atoms with Gasteiger partial charge in [-0.05, 0) is 59.2 Å². The van der Waals surface area contributed by atoms with E-state index in [2.05, 4.69) is 6.07 Å². The number of rotatable bonds is 2. The van der Waals surface area contributed by atoms with E-state index in [1.54, 1.807) is 19.2 Å². The number of methoxy groups -OCH3 is 1. The third-order valence-electron chi connectivity index (χ3n) is 3.90. The second-order valence-electron chi connectivity index (χ2n) is 5.17. The summed E-state index contributed by atoms with van der Waals surface area (Å²) < 4.78 is 5.23. The molecule has 0 aliphatic heterocycles. The fourth-order valence-electron chi connectivity index (χ4n) is 2.69. The van der Waals surface area contributed by atoms with Gasteiger partial charge < -0.3 is 9.84 Å². The monoisotopic (exact) mass is 289 g/mol. The highest BCUT2D eigenvalue weighted by molar-refractivity contribution is 5.90. The van der Waals surface area contributed by atoms with Gasteiger partial charge in [-0.15, -0.1) is 0 Å². The summed E-state index contributed by atoms with van der Waals surface area (Å²) in [5.41, 5.74) is 2.96. The molecule has 1 N–H and O–H groups in total. The molecule has 0 spiro atoms. The van der Waals surface area contributed by atoms with Crippen molar-refractivity contribution in [2.45, 2.75) is 6.92 Å². The predicted octanol–water partition coefficient (Wildman–Crippen LogP) is 4.40. The molecule has 0 aliphatic carbocycles. The van der Waals surface area contributed by atoms with Gasteiger partial charge in [0, 0.05) is 5.56 Å². The smallest absolute Gasteiger partial charge is 0.123 e. The first kappa shape index (κ1) is 14.0. The van der Waals surface area contributed by atoms with Crippen molar-refractivity contribution >= 4 is 10.8 Å². The van der Waals surface area contributed by atoms with Gasteiger partial charge in [0.1, 0.15) is 11.5 Å². The van der Waals surface area contributed by atoms with Gasteiger partial charge in [-0.3, -0.25) is 0 Å². The van der Waals surface area contributed by atoms with Gasteiger partial charge in [0.05, 0.1) is 18.7 Å². The molecule has 3 nitrogen and oxygen atoms in total. The minimum Gasteiger partial charge on any atom is -0.507 e. The average molecular weight is 289 g/mol. The number of phenolic OH excluding ortho intramolecular Hbond substituents is 1. The summed E-state index contributed by atoms with van der Waals surface area (Å²) in [6.45, 7) is 1.85. The lowest BCUT2D eigenvalue weighted by Gasteiger charge is -2.11. The summed E-state index contributed by atoms with van der Waals surface area (Å²) >= 11 is 0. The van der Waals surface area contributed by atoms with Crippen LogP contribution in [0.4, 0.5) is 0 Å². The molecule has 0 radical (unpaired) electrons. The van der Waals surface area contributed by atoms with Gasteiger partial charge in [0.25, 0.3) is 0 Å². The minimum absolute atomic E-state index is 0.185. The lowest BCUT2D eigenvalue weighted by molar-refractivity contribution is 0.415. The fourth-order valence-corrected chi connectivity index (χ4v) is 2.69. The van der Waals surface area contributed by atoms with Crippen LogP contribution in [-0.4, -0.2) is 12.2 Å². The summed E-state index contributed by atoms with van der Waals surface area (Å²) in [6, 6.07) is 17.2. The molecule has 3 aromatic carbocycles. The Bertz CT molecular complexity index is 907. The first-order valence-electron chi connectivity index (χ1n) is 6.95. The van der Waals surface area contributed by atoms with E-state index in [9.17, 15) is 5.11 Å². The van der Waals surface area contributed by atoms with Gasteiger partial charge in [0.2, 0.25) is 0 Å². The second-order valence-corrected chi connectivity index (χ2v) is 5.17. The third kappa shape index (κ3) is 2.25. The molecule has 0 saturated carbocycles. The standard InChI is InChI=1S/C19H15NO2/c1-12-16(11-20)6-8-18(21)19(12)15-4-3-14-10-17(22-2)7-5-13(14)9-15/h3-10,21H,1-2H3. The molecule has 3 heteroatoms. The number of benzene rings is 3. The molecule has 0 atom stereocenters. The molecule has 0 amide bonds. The zero-order valence-corrected chi connectivity index (χ0v) is 12.4. The quantitative estimate of drug-likeness (QED) is 0.760. The van der Waals surface area contributed by atoms with Crippen LogP contribution in [-0.2, 0) is 0 Å². The van der Waals surface area contributed by atoms with Crippen LogP contribution in [0.25, 0.3) is 21.9 Å². The first-order valence-corrected chi connectivity index (χ1v) is 6.95. The molecule has 3 aromatic rings. The number of nitrogens with zero attached hydrogens (tertiary/aromatic N) is 1. The Kier molecular flexibility index (Phi) is 3.44. The number of aromatic hydroxyl groups is 1. The number of phenols is 1. The zero-order valence-electron chi connectivity index (χ0n) is 12.4. The van der Waals surface area contributed by atoms with E-state index in [0.717, 1.165) is 27.6 Å². The van der Waals surface area contributed by atoms with Crippen molar-refractivity contribution in [3.8, 4) is 28.7 Å². The molecular formula is C19H15NO2. The van der Waals surface area contributed by atoms with E-state index in [1.165, 1.54) is 0 Å². The molecule has 0 unspecified atom stereocenters. The molecule has 0 aliphatic rings. The molecule has 22 heavy (non-hydrogen) atoms. The normalized spacial score (nSPS) is 10.4. The Balaban J connectivity index is 2.21. The average Bonchev–Trinajstić information content (AvgIpc) is 2.54. The summed E-state index contributed by atoms with van der Waals surface area (Å²) in [7, 11) is 1.64. The molecular weight excluding hydrogens is 274 g/mol. The van der Waals surface area contributed by atoms with Crippen LogP contribution in [0.15, 0.2) is 48.5 Å². The van der Waals surface area contributed by atoms with Crippen molar-refractivity contribution in [3.63, 3.8) is 0 Å². The van der Waals surface area contributed by atoms with Crippen molar-refractivity contribution in [2.75, 3.05) is 7.11 Å². The van der Waals surface area contributed by atoms with Gasteiger partial charge in [0.15, 0.2) is 0 Å². The van der Waals surface area contributed by atoms with Gasteiger partial charge in [-0.1, -0.05) is 18.2 Å². The van der Waals surface area contributed by atoms with Crippen LogP contribution in [0.3, 0.4) is 0 Å². The molecule has 0 aromatic heterocycles. The molecule has 0 heterocycles. The predicted molar refractivity (Wildman–Crippen MR) is 87.1 cm³/mol. The highest BCUT2D eigenvalue weighted by atomic mass is 16.5. The number of hydrogen-bond donors (Lipinski definition) is 1. The molecule has 108 valence electrons. The fraction of sp³-hybridized carbons (Fsp3) is 0.105. The van der Waals surface area contributed by atoms with Crippen LogP contribution >= 0.6 is 0 Å². The number of fused-ring (bicyclic) bond motifs is 1. The lowest BCUT2D eigenvalue weighted by Crippen LogP contribution is -1.90. The Morgan fingerprint density at radius 3 is 2.45 bits per heavy atom. The van der Waals surface area contributed by atoms with E-state index < -0.39 is 0 Å². The van der Waals surface area contributed by atoms with E-state index in [1.807, 2.05) is 43.3 Å². The largest absolute Gasteiger partial charge is 0.507 e. The van der Waals surface area contributed by atoms with E-state index in [0.29, 0.717) is 11.1 Å². The van der Waals surface area contributed by atoms with Crippen molar-refractivity contribution in [1.82, 2.24) is 0 Å². The highest BCUT2D eigenvalue weighted by Gasteiger charge is 2.12. The van der Waals surface area contributed by atoms with E-state index in [-0.39, 0.29) is 5.75 Å². The Morgan fingerprint density at radius 1 is 1.00 bits per heavy atom. The maximum atomic E-state index is 10.2. The summed E-state index contributed by atoms with van der Waals surface area (Å²) in [5, 5.41) is 21.5. The number of nitriles is 1. The van der Waals surface area contributed by atoms with Gasteiger partial charge >= 0.3 is 0 Å². The van der Waals surface area contributed by atoms with Gasteiger partial charge in [-0.25, -0.2) is 0 Å². The van der Waals surface area contributed by atoms with E-state index >= 15 is 0 Å². The van der Waals surface area contributed by atoms with Crippen molar-refractivity contribution in [2.24, 2.45) is 0 Å². The molecule has 0 fully saturated rings. The van der Waals surface area contributed by atoms with Crippen LogP contribution in [0.1, 0.15) is 11.1 Å². The Morgan fingerprint density at radius 2 is 1.73 bits per heavy atom. The van der Waals surface area contributed by atoms with Gasteiger partial charge in [-0.2, -0.15) is 5.26 Å². The van der Waals surface area contributed by atoms with Crippen LogP contribution in [0, 0.1) is 18.3 Å². The minimum atomic E-state index is 0.185. The third-order valence-corrected chi connectivity index (χ3v) is 3.90. The summed E-state index contributed by atoms with van der Waals surface area (Å²) in [4.78, 5) is 0. The molecule has 3 rings (SSSR count). The van der Waals surface area contributed by atoms with E-state index in [4.69, 9.17) is 10.00 Å². The number of ether oxygens (including phenoxy) is 1. The van der Waals surface area contributed by atoms with Crippen LogP contribution in [0.5, 0.6) is 11.5 Å². The SMILES string of the molecule is COc1ccc2cc(-c3c(O)ccc(C#N)c3C)ccc2c1. The zero-order chi connectivity index (χ0) is 15.7. The molecule has 0 saturated heterocycles. The maximum Gasteiger partial charge on any atom is 0.123 e. The van der Waals surface area contributed by atoms with Crippen molar-refractivity contribution in [3.05, 3.63) is 59.7 Å². The highest BCUT2D eigenvalue weighted by Crippen LogP contribution is 2.36. The number of hydrogen-bond acceptors (Lipinski definition) is 3. The second kappa shape index (κ2) is 5.42. The Labute approximate surface area is 129 Å². The first-order chi connectivity index (χ1) is 10.6. The topological polar surface area (TPSA) is 53.2 Å². The lowest BCUT2D eigenvalue weighted by atomic mass is 9.94. The van der Waals surface area contributed by atoms with Crippen LogP contribution in [0.2, 0.25) is 0 Å². The van der Waals surface area contributed by atoms with Crippen molar-refractivity contribution in [1.29, 1.82) is 5.26 Å². The Hall–Kier alpha value is -2.99. The summed E-state index contributed by atoms with van der Waals surface area (Å²) in [5.74, 6) is 0.995. The summed E-state index contributed by atoms with van der Waals surface area (Å²) in [6.07, 6.45) is 0. The maximum absolute atomic E-state index is 10.2. The van der Waals surface area contributed by atoms with Crippen LogP contribution < -0.4 is 4.74 Å². The van der Waals surface area contributed by atoms with Crippen molar-refractivity contribution < 1.29 is 9.84 Å². The molecule has 0 bridgehead atoms.